The summed E-state index contributed by atoms with van der Waals surface area (Å²) in [6.07, 6.45) is 3.29. The van der Waals surface area contributed by atoms with Gasteiger partial charge in [0.05, 0.1) is 0 Å². The molecule has 0 radical (unpaired) electrons. The van der Waals surface area contributed by atoms with E-state index in [0.29, 0.717) is 6.04 Å². The molecular weight excluding hydrogens is 212 g/mol. The third-order valence-electron chi connectivity index (χ3n) is 2.23. The summed E-state index contributed by atoms with van der Waals surface area (Å²) in [5.74, 6) is 2.41. The average Bonchev–Trinajstić information content (AvgIpc) is 2.45. The summed E-state index contributed by atoms with van der Waals surface area (Å²) in [4.78, 5) is 3.15. The topological polar surface area (TPSA) is 20.7 Å². The highest BCUT2D eigenvalue weighted by molar-refractivity contribution is 7.99. The molecule has 0 bridgehead atoms. The fourth-order valence-electron chi connectivity index (χ4n) is 1.40. The number of thioether (sulfide) groups is 1. The summed E-state index contributed by atoms with van der Waals surface area (Å²) in [7, 11) is 0. The van der Waals surface area contributed by atoms with Crippen LogP contribution in [0.3, 0.4) is 0 Å². The molecule has 80 valence electrons. The molecule has 1 heterocycles. The predicted molar refractivity (Wildman–Crippen MR) is 66.7 cm³/mol. The predicted octanol–water partition coefficient (Wildman–Crippen LogP) is 3.56. The van der Waals surface area contributed by atoms with Crippen molar-refractivity contribution in [2.75, 3.05) is 11.5 Å². The number of imidazole rings is 1. The number of hydrogen-bond acceptors (Lipinski definition) is 2. The van der Waals surface area contributed by atoms with Crippen molar-refractivity contribution in [3.8, 4) is 0 Å². The quantitative estimate of drug-likeness (QED) is 0.617. The molecule has 0 spiro atoms. The Morgan fingerprint density at radius 1 is 1.64 bits per heavy atom. The standard InChI is InChI=1S/C10H18N2S2/c1-4-14-6-5-9(3)12-7-8(2)11-10(12)13/h7,9H,4-6H2,1-3H3,(H,11,13). The van der Waals surface area contributed by atoms with E-state index in [1.54, 1.807) is 0 Å². The highest BCUT2D eigenvalue weighted by atomic mass is 32.2. The minimum Gasteiger partial charge on any atom is -0.335 e. The molecule has 0 fully saturated rings. The number of hydrogen-bond donors (Lipinski definition) is 1. The molecule has 0 aliphatic heterocycles. The normalized spacial score (nSPS) is 13.1. The van der Waals surface area contributed by atoms with Crippen LogP contribution in [-0.4, -0.2) is 21.1 Å². The third-order valence-corrected chi connectivity index (χ3v) is 3.48. The monoisotopic (exact) mass is 230 g/mol. The molecule has 4 heteroatoms. The molecule has 2 nitrogen and oxygen atoms in total. The van der Waals surface area contributed by atoms with E-state index < -0.39 is 0 Å². The SMILES string of the molecule is CCSCCC(C)n1cc(C)[nH]c1=S. The minimum absolute atomic E-state index is 0.506. The summed E-state index contributed by atoms with van der Waals surface area (Å²) >= 11 is 7.21. The lowest BCUT2D eigenvalue weighted by atomic mass is 10.2. The van der Waals surface area contributed by atoms with E-state index in [4.69, 9.17) is 12.2 Å². The Bertz CT molecular complexity index is 327. The van der Waals surface area contributed by atoms with Crippen LogP contribution in [-0.2, 0) is 0 Å². The molecule has 1 rings (SSSR count). The second kappa shape index (κ2) is 5.61. The second-order valence-corrected chi connectivity index (χ2v) is 5.26. The van der Waals surface area contributed by atoms with Gasteiger partial charge < -0.3 is 9.55 Å². The lowest BCUT2D eigenvalue weighted by Gasteiger charge is -2.12. The van der Waals surface area contributed by atoms with Gasteiger partial charge in [0, 0.05) is 17.9 Å². The molecule has 1 atom stereocenters. The Labute approximate surface area is 95.1 Å². The van der Waals surface area contributed by atoms with Crippen molar-refractivity contribution >= 4 is 24.0 Å². The molecule has 0 aliphatic rings. The zero-order valence-electron chi connectivity index (χ0n) is 9.04. The minimum atomic E-state index is 0.506. The van der Waals surface area contributed by atoms with Crippen molar-refractivity contribution in [2.45, 2.75) is 33.2 Å². The van der Waals surface area contributed by atoms with E-state index in [1.807, 2.05) is 18.7 Å². The van der Waals surface area contributed by atoms with Gasteiger partial charge in [-0.15, -0.1) is 0 Å². The summed E-state index contributed by atoms with van der Waals surface area (Å²) in [6.45, 7) is 6.46. The van der Waals surface area contributed by atoms with Crippen molar-refractivity contribution < 1.29 is 0 Å². The molecule has 1 unspecified atom stereocenters. The van der Waals surface area contributed by atoms with Gasteiger partial charge in [-0.05, 0) is 44.0 Å². The smallest absolute Gasteiger partial charge is 0.177 e. The van der Waals surface area contributed by atoms with Gasteiger partial charge in [-0.2, -0.15) is 11.8 Å². The van der Waals surface area contributed by atoms with Crippen molar-refractivity contribution in [2.24, 2.45) is 0 Å². The van der Waals surface area contributed by atoms with Gasteiger partial charge in [0.1, 0.15) is 0 Å². The first-order valence-corrected chi connectivity index (χ1v) is 6.57. The summed E-state index contributed by atoms with van der Waals surface area (Å²) < 4.78 is 3.00. The molecule has 14 heavy (non-hydrogen) atoms. The Morgan fingerprint density at radius 3 is 2.86 bits per heavy atom. The Hall–Kier alpha value is -0.220. The zero-order chi connectivity index (χ0) is 10.6. The molecular formula is C10H18N2S2. The number of H-pyrrole nitrogens is 1. The maximum absolute atomic E-state index is 5.23. The number of aryl methyl sites for hydroxylation is 1. The highest BCUT2D eigenvalue weighted by Gasteiger charge is 2.05. The lowest BCUT2D eigenvalue weighted by Crippen LogP contribution is -2.05. The van der Waals surface area contributed by atoms with E-state index in [9.17, 15) is 0 Å². The second-order valence-electron chi connectivity index (χ2n) is 3.48. The van der Waals surface area contributed by atoms with Gasteiger partial charge >= 0.3 is 0 Å². The Balaban J connectivity index is 2.56. The number of rotatable bonds is 5. The molecule has 0 amide bonds. The van der Waals surface area contributed by atoms with Crippen LogP contribution in [0, 0.1) is 11.7 Å². The molecule has 1 N–H and O–H groups in total. The van der Waals surface area contributed by atoms with Crippen molar-refractivity contribution in [1.29, 1.82) is 0 Å². The number of nitrogens with one attached hydrogen (secondary N) is 1. The van der Waals surface area contributed by atoms with Crippen LogP contribution in [0.2, 0.25) is 0 Å². The van der Waals surface area contributed by atoms with E-state index in [2.05, 4.69) is 29.6 Å². The first-order valence-electron chi connectivity index (χ1n) is 5.00. The van der Waals surface area contributed by atoms with E-state index in [-0.39, 0.29) is 0 Å². The maximum Gasteiger partial charge on any atom is 0.177 e. The van der Waals surface area contributed by atoms with Crippen molar-refractivity contribution in [1.82, 2.24) is 9.55 Å². The maximum atomic E-state index is 5.23. The molecule has 0 saturated carbocycles. The van der Waals surface area contributed by atoms with Crippen molar-refractivity contribution in [3.05, 3.63) is 16.7 Å². The number of aromatic amines is 1. The van der Waals surface area contributed by atoms with Gasteiger partial charge in [0.15, 0.2) is 4.77 Å². The van der Waals surface area contributed by atoms with E-state index >= 15 is 0 Å². The van der Waals surface area contributed by atoms with Crippen LogP contribution in [0.25, 0.3) is 0 Å². The van der Waals surface area contributed by atoms with Crippen LogP contribution in [0.4, 0.5) is 0 Å². The van der Waals surface area contributed by atoms with E-state index in [1.165, 1.54) is 17.9 Å². The van der Waals surface area contributed by atoms with Crippen molar-refractivity contribution in [3.63, 3.8) is 0 Å². The van der Waals surface area contributed by atoms with Crippen LogP contribution in [0.15, 0.2) is 6.20 Å². The van der Waals surface area contributed by atoms with Crippen LogP contribution < -0.4 is 0 Å². The molecule has 1 aromatic heterocycles. The Kier molecular flexibility index (Phi) is 4.75. The molecule has 1 aromatic rings. The van der Waals surface area contributed by atoms with Crippen LogP contribution >= 0.6 is 24.0 Å². The average molecular weight is 230 g/mol. The highest BCUT2D eigenvalue weighted by Crippen LogP contribution is 2.15. The van der Waals surface area contributed by atoms with Gasteiger partial charge in [-0.3, -0.25) is 0 Å². The third kappa shape index (κ3) is 3.17. The molecule has 0 aliphatic carbocycles. The van der Waals surface area contributed by atoms with Gasteiger partial charge in [-0.25, -0.2) is 0 Å². The molecule has 0 saturated heterocycles. The zero-order valence-corrected chi connectivity index (χ0v) is 10.7. The van der Waals surface area contributed by atoms with Crippen LogP contribution in [0.1, 0.15) is 32.0 Å². The number of aromatic nitrogens is 2. The molecule has 0 aromatic carbocycles. The largest absolute Gasteiger partial charge is 0.335 e. The fraction of sp³-hybridized carbons (Fsp3) is 0.700. The fourth-order valence-corrected chi connectivity index (χ4v) is 2.59. The summed E-state index contributed by atoms with van der Waals surface area (Å²) in [6, 6.07) is 0.506. The summed E-state index contributed by atoms with van der Waals surface area (Å²) in [5.41, 5.74) is 1.14. The van der Waals surface area contributed by atoms with E-state index in [0.717, 1.165) is 10.5 Å². The number of nitrogens with zero attached hydrogens (tertiary/aromatic N) is 1. The van der Waals surface area contributed by atoms with Gasteiger partial charge in [-0.1, -0.05) is 6.92 Å². The first kappa shape index (κ1) is 11.9. The van der Waals surface area contributed by atoms with Gasteiger partial charge in [0.2, 0.25) is 0 Å². The first-order chi connectivity index (χ1) is 6.65. The van der Waals surface area contributed by atoms with Crippen LogP contribution in [0.5, 0.6) is 0 Å². The van der Waals surface area contributed by atoms with Gasteiger partial charge in [0.25, 0.3) is 0 Å². The lowest BCUT2D eigenvalue weighted by molar-refractivity contribution is 0.528. The Morgan fingerprint density at radius 2 is 2.36 bits per heavy atom. The summed E-state index contributed by atoms with van der Waals surface area (Å²) in [5, 5.41) is 0.